The molecule has 4 rings (SSSR count). The Morgan fingerprint density at radius 3 is 2.58 bits per heavy atom. The SMILES string of the molecule is COC(=O)c1ccc(-c2c(-c3ccc(N)cc3C)nn3c(Cl)cnc(N)c23)cc1OC. The van der Waals surface area contributed by atoms with Crippen molar-refractivity contribution in [2.45, 2.75) is 6.92 Å². The third kappa shape index (κ3) is 3.40. The van der Waals surface area contributed by atoms with Gasteiger partial charge in [-0.2, -0.15) is 5.10 Å². The maximum atomic E-state index is 12.1. The van der Waals surface area contributed by atoms with E-state index in [0.29, 0.717) is 38.9 Å². The Morgan fingerprint density at radius 2 is 1.90 bits per heavy atom. The van der Waals surface area contributed by atoms with Crippen LogP contribution in [0.2, 0.25) is 5.15 Å². The highest BCUT2D eigenvalue weighted by Crippen LogP contribution is 2.41. The van der Waals surface area contributed by atoms with Crippen molar-refractivity contribution in [1.29, 1.82) is 0 Å². The van der Waals surface area contributed by atoms with Crippen molar-refractivity contribution in [3.05, 3.63) is 58.9 Å². The largest absolute Gasteiger partial charge is 0.496 e. The van der Waals surface area contributed by atoms with Crippen LogP contribution in [0.1, 0.15) is 15.9 Å². The van der Waals surface area contributed by atoms with Gasteiger partial charge in [0, 0.05) is 16.8 Å². The molecule has 0 atom stereocenters. The monoisotopic (exact) mass is 437 g/mol. The maximum Gasteiger partial charge on any atom is 0.341 e. The molecule has 2 aromatic carbocycles. The fourth-order valence-corrected chi connectivity index (χ4v) is 3.76. The van der Waals surface area contributed by atoms with Crippen molar-refractivity contribution in [2.24, 2.45) is 0 Å². The quantitative estimate of drug-likeness (QED) is 0.366. The molecule has 0 aliphatic rings. The number of nitrogens with two attached hydrogens (primary N) is 2. The van der Waals surface area contributed by atoms with E-state index in [9.17, 15) is 4.79 Å². The summed E-state index contributed by atoms with van der Waals surface area (Å²) in [5.41, 5.74) is 17.5. The second-order valence-corrected chi connectivity index (χ2v) is 7.32. The smallest absolute Gasteiger partial charge is 0.341 e. The Kier molecular flexibility index (Phi) is 5.16. The lowest BCUT2D eigenvalue weighted by Gasteiger charge is -2.11. The van der Waals surface area contributed by atoms with Gasteiger partial charge in [0.05, 0.1) is 20.4 Å². The first-order valence-corrected chi connectivity index (χ1v) is 9.69. The number of benzene rings is 2. The van der Waals surface area contributed by atoms with Crippen LogP contribution in [0, 0.1) is 6.92 Å². The first-order chi connectivity index (χ1) is 14.8. The van der Waals surface area contributed by atoms with E-state index in [2.05, 4.69) is 4.98 Å². The number of ether oxygens (including phenoxy) is 2. The van der Waals surface area contributed by atoms with Gasteiger partial charge in [-0.15, -0.1) is 0 Å². The van der Waals surface area contributed by atoms with Crippen LogP contribution in [0.4, 0.5) is 11.5 Å². The molecule has 2 aromatic heterocycles. The summed E-state index contributed by atoms with van der Waals surface area (Å²) < 4.78 is 11.8. The second kappa shape index (κ2) is 7.81. The number of esters is 1. The number of rotatable bonds is 4. The number of hydrogen-bond acceptors (Lipinski definition) is 7. The first-order valence-electron chi connectivity index (χ1n) is 9.31. The molecule has 31 heavy (non-hydrogen) atoms. The third-order valence-corrected chi connectivity index (χ3v) is 5.30. The highest BCUT2D eigenvalue weighted by Gasteiger charge is 2.23. The molecule has 158 valence electrons. The Morgan fingerprint density at radius 1 is 1.13 bits per heavy atom. The van der Waals surface area contributed by atoms with E-state index in [1.807, 2.05) is 19.1 Å². The first kappa shape index (κ1) is 20.5. The van der Waals surface area contributed by atoms with E-state index < -0.39 is 5.97 Å². The minimum Gasteiger partial charge on any atom is -0.496 e. The molecule has 4 N–H and O–H groups in total. The number of aromatic nitrogens is 3. The van der Waals surface area contributed by atoms with Crippen LogP contribution in [0.5, 0.6) is 5.75 Å². The molecule has 0 fully saturated rings. The average molecular weight is 438 g/mol. The predicted molar refractivity (Wildman–Crippen MR) is 120 cm³/mol. The summed E-state index contributed by atoms with van der Waals surface area (Å²) in [7, 11) is 2.80. The van der Waals surface area contributed by atoms with E-state index >= 15 is 0 Å². The zero-order valence-corrected chi connectivity index (χ0v) is 17.9. The van der Waals surface area contributed by atoms with Crippen molar-refractivity contribution < 1.29 is 14.3 Å². The Bertz CT molecular complexity index is 1330. The topological polar surface area (TPSA) is 118 Å². The van der Waals surface area contributed by atoms with E-state index in [-0.39, 0.29) is 5.82 Å². The van der Waals surface area contributed by atoms with Crippen molar-refractivity contribution >= 4 is 34.6 Å². The van der Waals surface area contributed by atoms with Gasteiger partial charge in [-0.25, -0.2) is 14.3 Å². The van der Waals surface area contributed by atoms with Crippen LogP contribution < -0.4 is 16.2 Å². The molecular weight excluding hydrogens is 418 g/mol. The minimum atomic E-state index is -0.498. The number of nitrogens with zero attached hydrogens (tertiary/aromatic N) is 3. The van der Waals surface area contributed by atoms with E-state index in [0.717, 1.165) is 16.7 Å². The number of halogens is 1. The summed E-state index contributed by atoms with van der Waals surface area (Å²) >= 11 is 6.37. The number of anilines is 2. The molecule has 0 radical (unpaired) electrons. The van der Waals surface area contributed by atoms with Crippen LogP contribution in [-0.4, -0.2) is 34.8 Å². The summed E-state index contributed by atoms with van der Waals surface area (Å²) in [6.45, 7) is 1.95. The molecule has 0 saturated carbocycles. The predicted octanol–water partition coefficient (Wildman–Crippen LogP) is 3.98. The highest BCUT2D eigenvalue weighted by molar-refractivity contribution is 6.29. The van der Waals surface area contributed by atoms with E-state index in [4.69, 9.17) is 37.6 Å². The average Bonchev–Trinajstić information content (AvgIpc) is 3.17. The van der Waals surface area contributed by atoms with Crippen LogP contribution in [0.15, 0.2) is 42.6 Å². The molecule has 9 heteroatoms. The molecule has 0 unspecified atom stereocenters. The molecule has 0 aliphatic heterocycles. The lowest BCUT2D eigenvalue weighted by Crippen LogP contribution is -2.04. The van der Waals surface area contributed by atoms with Crippen LogP contribution in [0.25, 0.3) is 27.9 Å². The summed E-state index contributed by atoms with van der Waals surface area (Å²) in [5.74, 6) is 0.126. The number of nitrogen functional groups attached to an aromatic ring is 2. The zero-order valence-electron chi connectivity index (χ0n) is 17.1. The molecule has 0 amide bonds. The van der Waals surface area contributed by atoms with E-state index in [1.165, 1.54) is 20.4 Å². The van der Waals surface area contributed by atoms with Gasteiger partial charge in [0.2, 0.25) is 0 Å². The van der Waals surface area contributed by atoms with Gasteiger partial charge in [-0.05, 0) is 42.3 Å². The highest BCUT2D eigenvalue weighted by atomic mass is 35.5. The second-order valence-electron chi connectivity index (χ2n) is 6.93. The third-order valence-electron chi connectivity index (χ3n) is 5.04. The zero-order chi connectivity index (χ0) is 22.3. The molecule has 0 bridgehead atoms. The van der Waals surface area contributed by atoms with Gasteiger partial charge in [0.15, 0.2) is 0 Å². The Balaban J connectivity index is 2.07. The Hall–Kier alpha value is -3.78. The maximum absolute atomic E-state index is 12.1. The number of carbonyl (C=O) groups is 1. The minimum absolute atomic E-state index is 0.266. The van der Waals surface area contributed by atoms with Crippen molar-refractivity contribution in [2.75, 3.05) is 25.7 Å². The van der Waals surface area contributed by atoms with Crippen LogP contribution >= 0.6 is 11.6 Å². The van der Waals surface area contributed by atoms with Crippen molar-refractivity contribution in [3.63, 3.8) is 0 Å². The number of methoxy groups -OCH3 is 2. The normalized spacial score (nSPS) is 11.0. The summed E-state index contributed by atoms with van der Waals surface area (Å²) in [6.07, 6.45) is 1.45. The standard InChI is InChI=1S/C22H20ClN5O3/c1-11-8-13(24)5-7-14(11)19-18(20-21(25)26-10-17(23)28(20)27-19)12-4-6-15(22(29)31-3)16(9-12)30-2/h4-10H,24H2,1-3H3,(H2,25,26). The molecule has 0 saturated heterocycles. The molecule has 8 nitrogen and oxygen atoms in total. The fraction of sp³-hybridized carbons (Fsp3) is 0.136. The molecular formula is C22H20ClN5O3. The molecule has 4 aromatic rings. The van der Waals surface area contributed by atoms with Crippen LogP contribution in [0.3, 0.4) is 0 Å². The lowest BCUT2D eigenvalue weighted by atomic mass is 9.96. The van der Waals surface area contributed by atoms with Gasteiger partial charge in [-0.1, -0.05) is 23.7 Å². The number of fused-ring (bicyclic) bond motifs is 1. The van der Waals surface area contributed by atoms with Gasteiger partial charge in [-0.3, -0.25) is 0 Å². The van der Waals surface area contributed by atoms with Crippen molar-refractivity contribution in [1.82, 2.24) is 14.6 Å². The Labute approximate surface area is 183 Å². The fourth-order valence-electron chi connectivity index (χ4n) is 3.59. The number of hydrogen-bond donors (Lipinski definition) is 2. The van der Waals surface area contributed by atoms with Gasteiger partial charge in [0.25, 0.3) is 0 Å². The molecule has 0 aliphatic carbocycles. The summed E-state index contributed by atoms with van der Waals surface area (Å²) in [6, 6.07) is 10.7. The van der Waals surface area contributed by atoms with Gasteiger partial charge >= 0.3 is 5.97 Å². The summed E-state index contributed by atoms with van der Waals surface area (Å²) in [4.78, 5) is 16.3. The number of aryl methyl sites for hydroxylation is 1. The van der Waals surface area contributed by atoms with Crippen LogP contribution in [-0.2, 0) is 4.74 Å². The molecule has 2 heterocycles. The van der Waals surface area contributed by atoms with Crippen molar-refractivity contribution in [3.8, 4) is 28.1 Å². The van der Waals surface area contributed by atoms with Gasteiger partial charge in [0.1, 0.15) is 33.5 Å². The van der Waals surface area contributed by atoms with Gasteiger partial charge < -0.3 is 20.9 Å². The summed E-state index contributed by atoms with van der Waals surface area (Å²) in [5, 5.41) is 5.04. The number of carbonyl (C=O) groups excluding carboxylic acids is 1. The molecule has 0 spiro atoms. The van der Waals surface area contributed by atoms with E-state index in [1.54, 1.807) is 28.8 Å². The lowest BCUT2D eigenvalue weighted by molar-refractivity contribution is 0.0597.